The molecule has 17 heavy (non-hydrogen) atoms. The van der Waals surface area contributed by atoms with Crippen LogP contribution in [0.4, 0.5) is 0 Å². The van der Waals surface area contributed by atoms with E-state index in [0.29, 0.717) is 5.92 Å². The monoisotopic (exact) mass is 226 g/mol. The molecule has 0 radical (unpaired) electrons. The number of hydrogen-bond acceptors (Lipinski definition) is 2. The molecule has 0 saturated heterocycles. The van der Waals surface area contributed by atoms with Crippen molar-refractivity contribution in [2.45, 2.75) is 33.6 Å². The lowest BCUT2D eigenvalue weighted by atomic mass is 10.0. The molecule has 0 N–H and O–H groups in total. The molecule has 2 aromatic heterocycles. The van der Waals surface area contributed by atoms with Crippen LogP contribution in [0.5, 0.6) is 0 Å². The van der Waals surface area contributed by atoms with Gasteiger partial charge < -0.3 is 0 Å². The van der Waals surface area contributed by atoms with Gasteiger partial charge in [0.25, 0.3) is 0 Å². The van der Waals surface area contributed by atoms with E-state index in [0.717, 1.165) is 17.1 Å². The summed E-state index contributed by atoms with van der Waals surface area (Å²) < 4.78 is 0. The zero-order chi connectivity index (χ0) is 12.4. The highest BCUT2D eigenvalue weighted by atomic mass is 14.7. The van der Waals surface area contributed by atoms with E-state index in [4.69, 9.17) is 0 Å². The molecule has 2 aromatic rings. The molecule has 2 rings (SSSR count). The van der Waals surface area contributed by atoms with Crippen LogP contribution in [0.15, 0.2) is 30.5 Å². The van der Waals surface area contributed by atoms with Crippen LogP contribution in [0.3, 0.4) is 0 Å². The van der Waals surface area contributed by atoms with Gasteiger partial charge in [0, 0.05) is 28.8 Å². The Hall–Kier alpha value is -1.70. The van der Waals surface area contributed by atoms with Crippen molar-refractivity contribution < 1.29 is 0 Å². The van der Waals surface area contributed by atoms with Crippen LogP contribution in [0.1, 0.15) is 36.8 Å². The summed E-state index contributed by atoms with van der Waals surface area (Å²) in [7, 11) is 0. The predicted molar refractivity (Wildman–Crippen MR) is 71.0 cm³/mol. The van der Waals surface area contributed by atoms with Gasteiger partial charge in [0.15, 0.2) is 0 Å². The Bertz CT molecular complexity index is 530. The highest BCUT2D eigenvalue weighted by Gasteiger charge is 2.06. The maximum absolute atomic E-state index is 4.66. The molecule has 88 valence electrons. The fraction of sp³-hybridized carbons (Fsp3) is 0.333. The van der Waals surface area contributed by atoms with Crippen molar-refractivity contribution in [3.8, 4) is 11.1 Å². The Morgan fingerprint density at radius 3 is 2.41 bits per heavy atom. The van der Waals surface area contributed by atoms with Crippen LogP contribution in [-0.2, 0) is 0 Å². The van der Waals surface area contributed by atoms with Crippen molar-refractivity contribution in [2.24, 2.45) is 0 Å². The second-order valence-electron chi connectivity index (χ2n) is 4.71. The first kappa shape index (κ1) is 11.8. The second-order valence-corrected chi connectivity index (χ2v) is 4.71. The smallest absolute Gasteiger partial charge is 0.0454 e. The lowest BCUT2D eigenvalue weighted by Crippen LogP contribution is -1.96. The topological polar surface area (TPSA) is 25.8 Å². The number of hydrogen-bond donors (Lipinski definition) is 0. The molecule has 0 fully saturated rings. The highest BCUT2D eigenvalue weighted by Crippen LogP contribution is 2.24. The molecule has 0 bridgehead atoms. The maximum Gasteiger partial charge on any atom is 0.0454 e. The van der Waals surface area contributed by atoms with E-state index < -0.39 is 0 Å². The van der Waals surface area contributed by atoms with E-state index in [-0.39, 0.29) is 0 Å². The summed E-state index contributed by atoms with van der Waals surface area (Å²) >= 11 is 0. The predicted octanol–water partition coefficient (Wildman–Crippen LogP) is 3.88. The number of aryl methyl sites for hydroxylation is 2. The van der Waals surface area contributed by atoms with Gasteiger partial charge in [-0.1, -0.05) is 19.9 Å². The van der Waals surface area contributed by atoms with Crippen LogP contribution in [0.2, 0.25) is 0 Å². The van der Waals surface area contributed by atoms with Crippen molar-refractivity contribution in [1.29, 1.82) is 0 Å². The summed E-state index contributed by atoms with van der Waals surface area (Å²) in [6, 6.07) is 8.40. The molecule has 0 aromatic carbocycles. The van der Waals surface area contributed by atoms with Gasteiger partial charge in [0.1, 0.15) is 0 Å². The second kappa shape index (κ2) is 4.66. The molecule has 0 aliphatic rings. The molecule has 0 aliphatic carbocycles. The molecular formula is C15H18N2. The third-order valence-corrected chi connectivity index (χ3v) is 2.91. The fourth-order valence-corrected chi connectivity index (χ4v) is 1.92. The average molecular weight is 226 g/mol. The van der Waals surface area contributed by atoms with E-state index >= 15 is 0 Å². The number of aromatic nitrogens is 2. The number of nitrogens with zero attached hydrogens (tertiary/aromatic N) is 2. The van der Waals surface area contributed by atoms with Gasteiger partial charge in [-0.05, 0) is 43.5 Å². The SMILES string of the molecule is Cc1cc(-c2ccc(C(C)C)nc2C)ccn1. The summed E-state index contributed by atoms with van der Waals surface area (Å²) in [5, 5.41) is 0. The normalized spacial score (nSPS) is 10.9. The summed E-state index contributed by atoms with van der Waals surface area (Å²) in [4.78, 5) is 8.88. The number of rotatable bonds is 2. The molecule has 0 unspecified atom stereocenters. The first-order valence-corrected chi connectivity index (χ1v) is 5.98. The highest BCUT2D eigenvalue weighted by molar-refractivity contribution is 5.65. The molecule has 0 spiro atoms. The first-order chi connectivity index (χ1) is 8.08. The Labute approximate surface area is 103 Å². The first-order valence-electron chi connectivity index (χ1n) is 5.98. The van der Waals surface area contributed by atoms with Crippen molar-refractivity contribution in [2.75, 3.05) is 0 Å². The van der Waals surface area contributed by atoms with Crippen molar-refractivity contribution in [3.63, 3.8) is 0 Å². The van der Waals surface area contributed by atoms with Crippen molar-refractivity contribution >= 4 is 0 Å². The van der Waals surface area contributed by atoms with Crippen molar-refractivity contribution in [1.82, 2.24) is 9.97 Å². The van der Waals surface area contributed by atoms with Crippen LogP contribution in [-0.4, -0.2) is 9.97 Å². The van der Waals surface area contributed by atoms with E-state index in [1.807, 2.05) is 19.2 Å². The zero-order valence-corrected chi connectivity index (χ0v) is 10.9. The molecule has 2 nitrogen and oxygen atoms in total. The maximum atomic E-state index is 4.66. The Balaban J connectivity index is 2.47. The van der Waals surface area contributed by atoms with Gasteiger partial charge in [-0.3, -0.25) is 9.97 Å². The molecule has 0 amide bonds. The summed E-state index contributed by atoms with van der Waals surface area (Å²) in [5.74, 6) is 0.474. The van der Waals surface area contributed by atoms with Gasteiger partial charge in [0.2, 0.25) is 0 Å². The van der Waals surface area contributed by atoms with Crippen LogP contribution >= 0.6 is 0 Å². The van der Waals surface area contributed by atoms with E-state index in [9.17, 15) is 0 Å². The fourth-order valence-electron chi connectivity index (χ4n) is 1.92. The largest absolute Gasteiger partial charge is 0.262 e. The van der Waals surface area contributed by atoms with Gasteiger partial charge in [-0.15, -0.1) is 0 Å². The average Bonchev–Trinajstić information content (AvgIpc) is 2.28. The molecule has 2 heteroatoms. The Morgan fingerprint density at radius 2 is 1.82 bits per heavy atom. The van der Waals surface area contributed by atoms with Crippen LogP contribution in [0, 0.1) is 13.8 Å². The Kier molecular flexibility index (Phi) is 3.23. The minimum absolute atomic E-state index is 0.474. The van der Waals surface area contributed by atoms with Gasteiger partial charge in [-0.2, -0.15) is 0 Å². The van der Waals surface area contributed by atoms with Gasteiger partial charge in [-0.25, -0.2) is 0 Å². The molecule has 2 heterocycles. The number of pyridine rings is 2. The minimum Gasteiger partial charge on any atom is -0.262 e. The van der Waals surface area contributed by atoms with Gasteiger partial charge in [0.05, 0.1) is 0 Å². The Morgan fingerprint density at radius 1 is 1.06 bits per heavy atom. The zero-order valence-electron chi connectivity index (χ0n) is 10.9. The van der Waals surface area contributed by atoms with Crippen LogP contribution in [0.25, 0.3) is 11.1 Å². The van der Waals surface area contributed by atoms with Gasteiger partial charge >= 0.3 is 0 Å². The van der Waals surface area contributed by atoms with E-state index in [1.165, 1.54) is 11.1 Å². The quantitative estimate of drug-likeness (QED) is 0.776. The van der Waals surface area contributed by atoms with E-state index in [2.05, 4.69) is 48.9 Å². The van der Waals surface area contributed by atoms with Crippen LogP contribution < -0.4 is 0 Å². The summed E-state index contributed by atoms with van der Waals surface area (Å²) in [6.45, 7) is 8.40. The minimum atomic E-state index is 0.474. The third kappa shape index (κ3) is 2.52. The molecule has 0 aliphatic heterocycles. The third-order valence-electron chi connectivity index (χ3n) is 2.91. The summed E-state index contributed by atoms with van der Waals surface area (Å²) in [6.07, 6.45) is 1.85. The van der Waals surface area contributed by atoms with E-state index in [1.54, 1.807) is 0 Å². The lowest BCUT2D eigenvalue weighted by molar-refractivity contribution is 0.816. The standard InChI is InChI=1S/C15H18N2/c1-10(2)15-6-5-14(12(4)17-15)13-7-8-16-11(3)9-13/h5-10H,1-4H3. The molecule has 0 saturated carbocycles. The van der Waals surface area contributed by atoms with Crippen molar-refractivity contribution in [3.05, 3.63) is 47.5 Å². The summed E-state index contributed by atoms with van der Waals surface area (Å²) in [5.41, 5.74) is 5.66. The molecular weight excluding hydrogens is 208 g/mol. The lowest BCUT2D eigenvalue weighted by Gasteiger charge is -2.10. The molecule has 0 atom stereocenters.